The molecule has 1 aromatic rings. The molecule has 1 atom stereocenters. The quantitative estimate of drug-likeness (QED) is 0.737. The Hall–Kier alpha value is 0.01000. The van der Waals surface area contributed by atoms with Crippen LogP contribution in [0.2, 0.25) is 15.1 Å². The zero-order chi connectivity index (χ0) is 15.2. The van der Waals surface area contributed by atoms with E-state index in [1.54, 1.807) is 6.07 Å². The number of benzene rings is 1. The van der Waals surface area contributed by atoms with Gasteiger partial charge in [-0.1, -0.05) is 53.7 Å². The van der Waals surface area contributed by atoms with E-state index < -0.39 is 0 Å². The lowest BCUT2D eigenvalue weighted by molar-refractivity contribution is 0.280. The van der Waals surface area contributed by atoms with Crippen LogP contribution in [0.25, 0.3) is 0 Å². The fourth-order valence-electron chi connectivity index (χ4n) is 2.78. The summed E-state index contributed by atoms with van der Waals surface area (Å²) in [7, 11) is 0. The lowest BCUT2D eigenvalue weighted by Crippen LogP contribution is -2.33. The van der Waals surface area contributed by atoms with Crippen molar-refractivity contribution in [1.82, 2.24) is 10.2 Å². The number of hydrogen-bond acceptors (Lipinski definition) is 2. The lowest BCUT2D eigenvalue weighted by atomic mass is 10.1. The molecule has 0 radical (unpaired) electrons. The first-order valence-electron chi connectivity index (χ1n) is 7.68. The third-order valence-electron chi connectivity index (χ3n) is 4.11. The molecule has 0 aliphatic carbocycles. The van der Waals surface area contributed by atoms with Crippen LogP contribution in [0.5, 0.6) is 0 Å². The SMILES string of the molecule is CC(NCCN1CCCCCC1)c1ccc(Cl)c(Cl)c1Cl. The molecule has 0 amide bonds. The van der Waals surface area contributed by atoms with E-state index in [-0.39, 0.29) is 6.04 Å². The summed E-state index contributed by atoms with van der Waals surface area (Å²) in [6.07, 6.45) is 5.40. The fourth-order valence-corrected chi connectivity index (χ4v) is 3.49. The molecule has 1 N–H and O–H groups in total. The maximum atomic E-state index is 6.28. The number of halogens is 3. The molecule has 1 aromatic carbocycles. The van der Waals surface area contributed by atoms with E-state index in [9.17, 15) is 0 Å². The first kappa shape index (κ1) is 17.4. The van der Waals surface area contributed by atoms with Gasteiger partial charge in [-0.2, -0.15) is 0 Å². The minimum Gasteiger partial charge on any atom is -0.309 e. The number of hydrogen-bond donors (Lipinski definition) is 1. The van der Waals surface area contributed by atoms with Crippen molar-refractivity contribution >= 4 is 34.8 Å². The second kappa shape index (κ2) is 8.59. The predicted molar refractivity (Wildman–Crippen MR) is 92.8 cm³/mol. The van der Waals surface area contributed by atoms with Crippen LogP contribution >= 0.6 is 34.8 Å². The Balaban J connectivity index is 1.84. The number of likely N-dealkylation sites (tertiary alicyclic amines) is 1. The Morgan fingerprint density at radius 2 is 1.71 bits per heavy atom. The summed E-state index contributed by atoms with van der Waals surface area (Å²) in [4.78, 5) is 2.54. The molecule has 1 aliphatic heterocycles. The molecule has 1 fully saturated rings. The molecule has 0 aromatic heterocycles. The molecule has 2 rings (SSSR count). The van der Waals surface area contributed by atoms with Gasteiger partial charge in [0.1, 0.15) is 0 Å². The van der Waals surface area contributed by atoms with Crippen molar-refractivity contribution in [3.8, 4) is 0 Å². The van der Waals surface area contributed by atoms with Gasteiger partial charge in [-0.05, 0) is 44.5 Å². The molecule has 1 heterocycles. The van der Waals surface area contributed by atoms with Gasteiger partial charge in [0.15, 0.2) is 0 Å². The van der Waals surface area contributed by atoms with Gasteiger partial charge in [-0.3, -0.25) is 0 Å². The van der Waals surface area contributed by atoms with Crippen molar-refractivity contribution < 1.29 is 0 Å². The van der Waals surface area contributed by atoms with Crippen molar-refractivity contribution in [3.05, 3.63) is 32.8 Å². The summed E-state index contributed by atoms with van der Waals surface area (Å²) in [5, 5.41) is 5.02. The van der Waals surface area contributed by atoms with E-state index in [1.807, 2.05) is 6.07 Å². The lowest BCUT2D eigenvalue weighted by Gasteiger charge is -2.22. The van der Waals surface area contributed by atoms with Gasteiger partial charge in [0.05, 0.1) is 15.1 Å². The Morgan fingerprint density at radius 3 is 2.38 bits per heavy atom. The van der Waals surface area contributed by atoms with Gasteiger partial charge in [0.25, 0.3) is 0 Å². The highest BCUT2D eigenvalue weighted by Gasteiger charge is 2.14. The van der Waals surface area contributed by atoms with Crippen LogP contribution in [0, 0.1) is 0 Å². The van der Waals surface area contributed by atoms with Crippen molar-refractivity contribution in [2.75, 3.05) is 26.2 Å². The van der Waals surface area contributed by atoms with E-state index in [0.717, 1.165) is 18.7 Å². The highest BCUT2D eigenvalue weighted by Crippen LogP contribution is 2.35. The summed E-state index contributed by atoms with van der Waals surface area (Å²) in [6, 6.07) is 3.91. The smallest absolute Gasteiger partial charge is 0.0781 e. The van der Waals surface area contributed by atoms with E-state index in [2.05, 4.69) is 17.1 Å². The van der Waals surface area contributed by atoms with Crippen molar-refractivity contribution in [1.29, 1.82) is 0 Å². The van der Waals surface area contributed by atoms with E-state index in [0.29, 0.717) is 15.1 Å². The second-order valence-electron chi connectivity index (χ2n) is 5.70. The monoisotopic (exact) mass is 348 g/mol. The minimum atomic E-state index is 0.166. The van der Waals surface area contributed by atoms with Crippen molar-refractivity contribution in [3.63, 3.8) is 0 Å². The molecule has 1 saturated heterocycles. The number of nitrogens with zero attached hydrogens (tertiary/aromatic N) is 1. The van der Waals surface area contributed by atoms with Gasteiger partial charge in [-0.25, -0.2) is 0 Å². The van der Waals surface area contributed by atoms with Crippen LogP contribution in [0.1, 0.15) is 44.2 Å². The Labute approximate surface area is 142 Å². The maximum absolute atomic E-state index is 6.28. The van der Waals surface area contributed by atoms with Crippen LogP contribution in [0.4, 0.5) is 0 Å². The zero-order valence-corrected chi connectivity index (χ0v) is 14.7. The van der Waals surface area contributed by atoms with Crippen LogP contribution in [0.3, 0.4) is 0 Å². The van der Waals surface area contributed by atoms with Crippen molar-refractivity contribution in [2.24, 2.45) is 0 Å². The fraction of sp³-hybridized carbons (Fsp3) is 0.625. The first-order valence-corrected chi connectivity index (χ1v) is 8.82. The normalized spacial score (nSPS) is 18.5. The Morgan fingerprint density at radius 1 is 1.05 bits per heavy atom. The molecule has 5 heteroatoms. The standard InChI is InChI=1S/C16H23Cl3N2/c1-12(13-6-7-14(17)16(19)15(13)18)20-8-11-21-9-4-2-3-5-10-21/h6-7,12,20H,2-5,8-11H2,1H3. The second-order valence-corrected chi connectivity index (χ2v) is 6.86. The molecule has 0 spiro atoms. The van der Waals surface area contributed by atoms with Gasteiger partial charge >= 0.3 is 0 Å². The van der Waals surface area contributed by atoms with E-state index in [1.165, 1.54) is 38.8 Å². The van der Waals surface area contributed by atoms with Crippen LogP contribution < -0.4 is 5.32 Å². The number of nitrogens with one attached hydrogen (secondary N) is 1. The third kappa shape index (κ3) is 5.01. The summed E-state index contributed by atoms with van der Waals surface area (Å²) in [6.45, 7) is 6.60. The van der Waals surface area contributed by atoms with Crippen LogP contribution in [-0.4, -0.2) is 31.1 Å². The molecule has 0 saturated carbocycles. The average molecular weight is 350 g/mol. The minimum absolute atomic E-state index is 0.166. The number of rotatable bonds is 5. The summed E-state index contributed by atoms with van der Waals surface area (Å²) < 4.78 is 0. The summed E-state index contributed by atoms with van der Waals surface area (Å²) >= 11 is 18.3. The molecule has 118 valence electrons. The molecular weight excluding hydrogens is 327 g/mol. The highest BCUT2D eigenvalue weighted by atomic mass is 35.5. The zero-order valence-electron chi connectivity index (χ0n) is 12.5. The maximum Gasteiger partial charge on any atom is 0.0781 e. The van der Waals surface area contributed by atoms with Gasteiger partial charge in [-0.15, -0.1) is 0 Å². The van der Waals surface area contributed by atoms with Gasteiger partial charge < -0.3 is 10.2 Å². The first-order chi connectivity index (χ1) is 10.1. The van der Waals surface area contributed by atoms with E-state index in [4.69, 9.17) is 34.8 Å². The van der Waals surface area contributed by atoms with Gasteiger partial charge in [0, 0.05) is 19.1 Å². The average Bonchev–Trinajstić information content (AvgIpc) is 2.73. The summed E-state index contributed by atoms with van der Waals surface area (Å²) in [5.74, 6) is 0. The summed E-state index contributed by atoms with van der Waals surface area (Å²) in [5.41, 5.74) is 1.00. The molecule has 0 bridgehead atoms. The van der Waals surface area contributed by atoms with E-state index >= 15 is 0 Å². The largest absolute Gasteiger partial charge is 0.309 e. The predicted octanol–water partition coefficient (Wildman–Crippen LogP) is 5.17. The highest BCUT2D eigenvalue weighted by molar-refractivity contribution is 6.48. The molecule has 1 unspecified atom stereocenters. The Bertz CT molecular complexity index is 457. The van der Waals surface area contributed by atoms with Crippen LogP contribution in [-0.2, 0) is 0 Å². The molecular formula is C16H23Cl3N2. The Kier molecular flexibility index (Phi) is 7.11. The molecule has 21 heavy (non-hydrogen) atoms. The van der Waals surface area contributed by atoms with Gasteiger partial charge in [0.2, 0.25) is 0 Å². The van der Waals surface area contributed by atoms with Crippen LogP contribution in [0.15, 0.2) is 12.1 Å². The van der Waals surface area contributed by atoms with Crippen molar-refractivity contribution in [2.45, 2.75) is 38.6 Å². The molecule has 1 aliphatic rings. The molecule has 2 nitrogen and oxygen atoms in total. The third-order valence-corrected chi connectivity index (χ3v) is 5.42. The topological polar surface area (TPSA) is 15.3 Å².